The molecule has 0 saturated carbocycles. The summed E-state index contributed by atoms with van der Waals surface area (Å²) in [5.41, 5.74) is 0.734. The van der Waals surface area contributed by atoms with Crippen LogP contribution in [0.4, 0.5) is 0 Å². The lowest BCUT2D eigenvalue weighted by Crippen LogP contribution is -2.02. The molecule has 0 atom stereocenters. The number of rotatable bonds is 10. The Hall–Kier alpha value is -0.0500. The van der Waals surface area contributed by atoms with Crippen LogP contribution in [0.25, 0.3) is 0 Å². The van der Waals surface area contributed by atoms with Gasteiger partial charge in [0.2, 0.25) is 0 Å². The van der Waals surface area contributed by atoms with Crippen molar-refractivity contribution in [3.8, 4) is 0 Å². The predicted molar refractivity (Wildman–Crippen MR) is 89.5 cm³/mol. The topological polar surface area (TPSA) is 35.5 Å². The van der Waals surface area contributed by atoms with Gasteiger partial charge in [0.15, 0.2) is 0 Å². The SMILES string of the molecule is CCCCOP(=O)(Cc1ccc(Cl)cc1Cl)OCCCC. The van der Waals surface area contributed by atoms with E-state index < -0.39 is 7.60 Å². The quantitative estimate of drug-likeness (QED) is 0.365. The van der Waals surface area contributed by atoms with Crippen molar-refractivity contribution < 1.29 is 13.6 Å². The molecule has 0 saturated heterocycles. The molecule has 120 valence electrons. The largest absolute Gasteiger partial charge is 0.335 e. The number of hydrogen-bond acceptors (Lipinski definition) is 3. The molecule has 1 aromatic carbocycles. The average molecular weight is 353 g/mol. The highest BCUT2D eigenvalue weighted by molar-refractivity contribution is 7.53. The van der Waals surface area contributed by atoms with Crippen LogP contribution in [0.2, 0.25) is 10.0 Å². The maximum atomic E-state index is 12.8. The van der Waals surface area contributed by atoms with E-state index in [-0.39, 0.29) is 6.16 Å². The Labute approximate surface area is 137 Å². The third-order valence-corrected chi connectivity index (χ3v) is 5.42. The third kappa shape index (κ3) is 7.17. The Morgan fingerprint density at radius 3 is 2.10 bits per heavy atom. The molecule has 0 bridgehead atoms. The fraction of sp³-hybridized carbons (Fsp3) is 0.600. The molecule has 0 heterocycles. The fourth-order valence-corrected chi connectivity index (χ4v) is 4.02. The summed E-state index contributed by atoms with van der Waals surface area (Å²) in [6, 6.07) is 5.13. The van der Waals surface area contributed by atoms with Crippen LogP contribution >= 0.6 is 30.8 Å². The molecule has 0 N–H and O–H groups in total. The van der Waals surface area contributed by atoms with E-state index in [1.165, 1.54) is 0 Å². The van der Waals surface area contributed by atoms with Crippen molar-refractivity contribution in [2.24, 2.45) is 0 Å². The van der Waals surface area contributed by atoms with Gasteiger partial charge in [-0.1, -0.05) is 56.0 Å². The van der Waals surface area contributed by atoms with Gasteiger partial charge in [-0.25, -0.2) is 0 Å². The second-order valence-corrected chi connectivity index (χ2v) is 7.78. The zero-order valence-electron chi connectivity index (χ0n) is 12.6. The predicted octanol–water partition coefficient (Wildman–Crippen LogP) is 6.32. The van der Waals surface area contributed by atoms with Gasteiger partial charge in [0.25, 0.3) is 0 Å². The van der Waals surface area contributed by atoms with Crippen LogP contribution in [-0.2, 0) is 19.8 Å². The van der Waals surface area contributed by atoms with E-state index in [1.807, 2.05) is 0 Å². The molecule has 0 aliphatic carbocycles. The summed E-state index contributed by atoms with van der Waals surface area (Å²) in [5, 5.41) is 1.04. The minimum absolute atomic E-state index is 0.177. The first-order valence-corrected chi connectivity index (χ1v) is 9.81. The first kappa shape index (κ1) is 19.0. The summed E-state index contributed by atoms with van der Waals surface area (Å²) < 4.78 is 23.9. The zero-order chi connectivity index (χ0) is 15.7. The minimum atomic E-state index is -3.17. The molecule has 0 aromatic heterocycles. The number of benzene rings is 1. The van der Waals surface area contributed by atoms with Gasteiger partial charge in [-0.05, 0) is 30.5 Å². The van der Waals surface area contributed by atoms with E-state index in [9.17, 15) is 4.57 Å². The van der Waals surface area contributed by atoms with E-state index in [2.05, 4.69) is 13.8 Å². The lowest BCUT2D eigenvalue weighted by atomic mass is 10.2. The number of hydrogen-bond donors (Lipinski definition) is 0. The fourth-order valence-electron chi connectivity index (χ4n) is 1.68. The number of halogens is 2. The molecule has 0 unspecified atom stereocenters. The normalized spacial score (nSPS) is 11.8. The third-order valence-electron chi connectivity index (χ3n) is 2.95. The van der Waals surface area contributed by atoms with Gasteiger partial charge in [0, 0.05) is 10.0 Å². The highest BCUT2D eigenvalue weighted by Crippen LogP contribution is 2.52. The van der Waals surface area contributed by atoms with Crippen LogP contribution in [0.5, 0.6) is 0 Å². The van der Waals surface area contributed by atoms with Crippen LogP contribution in [0, 0.1) is 0 Å². The van der Waals surface area contributed by atoms with E-state index in [0.717, 1.165) is 31.2 Å². The Morgan fingerprint density at radius 1 is 1.05 bits per heavy atom. The van der Waals surface area contributed by atoms with E-state index in [4.69, 9.17) is 32.2 Å². The smallest absolute Gasteiger partial charge is 0.308 e. The molecule has 1 rings (SSSR count). The lowest BCUT2D eigenvalue weighted by Gasteiger charge is -2.19. The molecule has 1 aromatic rings. The second-order valence-electron chi connectivity index (χ2n) is 4.88. The summed E-state index contributed by atoms with van der Waals surface area (Å²) in [6.45, 7) is 4.99. The van der Waals surface area contributed by atoms with Crippen molar-refractivity contribution in [1.29, 1.82) is 0 Å². The molecule has 0 aliphatic heterocycles. The van der Waals surface area contributed by atoms with Crippen molar-refractivity contribution in [3.63, 3.8) is 0 Å². The first-order valence-electron chi connectivity index (χ1n) is 7.33. The van der Waals surface area contributed by atoms with Crippen LogP contribution in [0.3, 0.4) is 0 Å². The van der Waals surface area contributed by atoms with Crippen molar-refractivity contribution in [1.82, 2.24) is 0 Å². The van der Waals surface area contributed by atoms with Gasteiger partial charge in [-0.15, -0.1) is 0 Å². The summed E-state index contributed by atoms with van der Waals surface area (Å²) in [6.07, 6.45) is 3.86. The van der Waals surface area contributed by atoms with Crippen molar-refractivity contribution in [2.75, 3.05) is 13.2 Å². The Kier molecular flexibility index (Phi) is 8.92. The molecule has 0 amide bonds. The molecule has 0 aliphatic rings. The second kappa shape index (κ2) is 9.86. The summed E-state index contributed by atoms with van der Waals surface area (Å²) in [7, 11) is -3.17. The van der Waals surface area contributed by atoms with E-state index in [1.54, 1.807) is 18.2 Å². The van der Waals surface area contributed by atoms with Gasteiger partial charge in [-0.3, -0.25) is 4.57 Å². The molecule has 3 nitrogen and oxygen atoms in total. The monoisotopic (exact) mass is 352 g/mol. The average Bonchev–Trinajstić information content (AvgIpc) is 2.43. The Bertz CT molecular complexity index is 466. The molecule has 6 heteroatoms. The van der Waals surface area contributed by atoms with Gasteiger partial charge in [0.1, 0.15) is 0 Å². The van der Waals surface area contributed by atoms with E-state index >= 15 is 0 Å². The molecule has 0 fully saturated rings. The Morgan fingerprint density at radius 2 is 1.62 bits per heavy atom. The summed E-state index contributed by atoms with van der Waals surface area (Å²) in [4.78, 5) is 0. The van der Waals surface area contributed by atoms with E-state index in [0.29, 0.717) is 23.3 Å². The Balaban J connectivity index is 2.77. The van der Waals surface area contributed by atoms with Crippen LogP contribution < -0.4 is 0 Å². The van der Waals surface area contributed by atoms with Crippen molar-refractivity contribution in [3.05, 3.63) is 33.8 Å². The lowest BCUT2D eigenvalue weighted by molar-refractivity contribution is 0.199. The molecule has 0 spiro atoms. The maximum Gasteiger partial charge on any atom is 0.335 e. The van der Waals surface area contributed by atoms with Crippen LogP contribution in [-0.4, -0.2) is 13.2 Å². The number of unbranched alkanes of at least 4 members (excludes halogenated alkanes) is 2. The minimum Gasteiger partial charge on any atom is -0.308 e. The molecular weight excluding hydrogens is 330 g/mol. The summed E-state index contributed by atoms with van der Waals surface area (Å²) in [5.74, 6) is 0. The molecular formula is C15H23Cl2O3P. The first-order chi connectivity index (χ1) is 10.0. The highest BCUT2D eigenvalue weighted by Gasteiger charge is 2.26. The molecule has 0 radical (unpaired) electrons. The highest BCUT2D eigenvalue weighted by atomic mass is 35.5. The standard InChI is InChI=1S/C15H23Cl2O3P/c1-3-5-9-19-21(18,20-10-6-4-2)12-13-7-8-14(16)11-15(13)17/h7-8,11H,3-6,9-10,12H2,1-2H3. The van der Waals surface area contributed by atoms with Crippen molar-refractivity contribution >= 4 is 30.8 Å². The maximum absolute atomic E-state index is 12.8. The van der Waals surface area contributed by atoms with Crippen LogP contribution in [0.15, 0.2) is 18.2 Å². The van der Waals surface area contributed by atoms with Crippen molar-refractivity contribution in [2.45, 2.75) is 45.7 Å². The summed E-state index contributed by atoms with van der Waals surface area (Å²) >= 11 is 12.0. The molecule has 21 heavy (non-hydrogen) atoms. The van der Waals surface area contributed by atoms with Gasteiger partial charge < -0.3 is 9.05 Å². The van der Waals surface area contributed by atoms with Gasteiger partial charge in [0.05, 0.1) is 19.4 Å². The zero-order valence-corrected chi connectivity index (χ0v) is 15.0. The van der Waals surface area contributed by atoms with Crippen LogP contribution in [0.1, 0.15) is 45.1 Å². The van der Waals surface area contributed by atoms with Gasteiger partial charge >= 0.3 is 7.60 Å². The van der Waals surface area contributed by atoms with Gasteiger partial charge in [-0.2, -0.15) is 0 Å².